The molecule has 1 fully saturated rings. The Morgan fingerprint density at radius 1 is 1.33 bits per heavy atom. The number of likely N-dealkylation sites (tertiary alicyclic amines) is 1. The van der Waals surface area contributed by atoms with Crippen molar-refractivity contribution in [2.45, 2.75) is 19.3 Å². The van der Waals surface area contributed by atoms with Gasteiger partial charge in [0, 0.05) is 18.0 Å². The highest BCUT2D eigenvalue weighted by molar-refractivity contribution is 7.10. The fourth-order valence-electron chi connectivity index (χ4n) is 3.47. The van der Waals surface area contributed by atoms with E-state index < -0.39 is 0 Å². The fraction of sp³-hybridized carbons (Fsp3) is 0.333. The summed E-state index contributed by atoms with van der Waals surface area (Å²) in [6.07, 6.45) is 7.09. The van der Waals surface area contributed by atoms with Gasteiger partial charge in [0.05, 0.1) is 10.6 Å². The maximum atomic E-state index is 11.7. The molecule has 5 nitrogen and oxygen atoms in total. The summed E-state index contributed by atoms with van der Waals surface area (Å²) in [6.45, 7) is 3.20. The highest BCUT2D eigenvalue weighted by Gasteiger charge is 2.17. The molecule has 0 bridgehead atoms. The van der Waals surface area contributed by atoms with Gasteiger partial charge in [-0.2, -0.15) is 0 Å². The molecule has 1 aromatic carbocycles. The van der Waals surface area contributed by atoms with Gasteiger partial charge in [-0.3, -0.25) is 14.8 Å². The van der Waals surface area contributed by atoms with Crippen LogP contribution in [0, 0.1) is 0 Å². The lowest BCUT2D eigenvalue weighted by Gasteiger charge is -2.15. The Morgan fingerprint density at radius 3 is 2.92 bits per heavy atom. The second-order valence-corrected chi connectivity index (χ2v) is 7.14. The number of nitrogens with one attached hydrogen (secondary N) is 1. The molecule has 124 valence electrons. The first kappa shape index (κ1) is 15.4. The number of thiazole rings is 1. The van der Waals surface area contributed by atoms with Crippen LogP contribution in [-0.2, 0) is 0 Å². The number of hydrogen-bond donors (Lipinski definition) is 2. The number of benzene rings is 1. The Hall–Kier alpha value is -2.18. The molecule has 0 spiro atoms. The largest absolute Gasteiger partial charge is 0.493 e. The number of fused-ring (bicyclic) bond motifs is 1. The summed E-state index contributed by atoms with van der Waals surface area (Å²) in [5.74, 6) is -0.0297. The molecule has 2 N–H and O–H groups in total. The topological polar surface area (TPSA) is 68.7 Å². The number of hydrogen-bond acceptors (Lipinski definition) is 5. The van der Waals surface area contributed by atoms with E-state index in [2.05, 4.69) is 14.9 Å². The number of aromatic amines is 1. The van der Waals surface area contributed by atoms with Gasteiger partial charge in [0.1, 0.15) is 0 Å². The molecule has 0 radical (unpaired) electrons. The van der Waals surface area contributed by atoms with Crippen molar-refractivity contribution >= 4 is 34.9 Å². The van der Waals surface area contributed by atoms with Gasteiger partial charge in [-0.25, -0.2) is 0 Å². The van der Waals surface area contributed by atoms with Crippen molar-refractivity contribution < 1.29 is 5.11 Å². The van der Waals surface area contributed by atoms with Gasteiger partial charge >= 0.3 is 4.87 Å². The lowest BCUT2D eigenvalue weighted by molar-refractivity contribution is 0.347. The van der Waals surface area contributed by atoms with Crippen molar-refractivity contribution in [3.63, 3.8) is 0 Å². The highest BCUT2D eigenvalue weighted by Crippen LogP contribution is 2.26. The van der Waals surface area contributed by atoms with Crippen molar-refractivity contribution in [2.75, 3.05) is 19.6 Å². The number of aliphatic imine (C=N–C) groups is 1. The van der Waals surface area contributed by atoms with Gasteiger partial charge in [-0.15, -0.1) is 0 Å². The van der Waals surface area contributed by atoms with Crippen LogP contribution in [-0.4, -0.2) is 40.8 Å². The Labute approximate surface area is 143 Å². The van der Waals surface area contributed by atoms with Crippen LogP contribution in [0.1, 0.15) is 24.1 Å². The summed E-state index contributed by atoms with van der Waals surface area (Å²) in [6, 6.07) is 6.01. The first-order valence-electron chi connectivity index (χ1n) is 8.24. The standard InChI is InChI=1S/C18H19N3O2S/c22-17-16(24-18(23)20-17)14(7-11-21-9-1-2-10-21)12-4-3-5-15-13(12)6-8-19-15/h3-6,8,22H,1-2,7,9-11H2,(H,20,23). The summed E-state index contributed by atoms with van der Waals surface area (Å²) in [5, 5.41) is 12.3. The Balaban J connectivity index is 1.85. The van der Waals surface area contributed by atoms with Crippen molar-refractivity contribution in [1.82, 2.24) is 9.88 Å². The molecule has 0 aliphatic carbocycles. The number of aromatic hydroxyl groups is 1. The molecule has 2 aliphatic heterocycles. The minimum Gasteiger partial charge on any atom is -0.493 e. The van der Waals surface area contributed by atoms with Gasteiger partial charge in [-0.1, -0.05) is 23.5 Å². The molecular weight excluding hydrogens is 322 g/mol. The van der Waals surface area contributed by atoms with E-state index in [-0.39, 0.29) is 10.8 Å². The number of H-pyrrole nitrogens is 1. The predicted molar refractivity (Wildman–Crippen MR) is 97.7 cm³/mol. The van der Waals surface area contributed by atoms with Gasteiger partial charge in [-0.05, 0) is 55.3 Å². The zero-order valence-corrected chi connectivity index (χ0v) is 14.1. The number of aromatic nitrogens is 1. The van der Waals surface area contributed by atoms with Crippen molar-refractivity contribution in [2.24, 2.45) is 4.99 Å². The zero-order chi connectivity index (χ0) is 16.5. The normalized spacial score (nSPS) is 17.8. The van der Waals surface area contributed by atoms with Crippen LogP contribution in [0.2, 0.25) is 0 Å². The van der Waals surface area contributed by atoms with E-state index in [0.29, 0.717) is 4.88 Å². The van der Waals surface area contributed by atoms with Crippen LogP contribution in [0.25, 0.3) is 11.6 Å². The van der Waals surface area contributed by atoms with Crippen molar-refractivity contribution in [3.05, 3.63) is 43.2 Å². The second kappa shape index (κ2) is 6.37. The molecule has 0 atom stereocenters. The molecule has 2 aromatic rings. The highest BCUT2D eigenvalue weighted by atomic mass is 32.1. The predicted octanol–water partition coefficient (Wildman–Crippen LogP) is 1.32. The van der Waals surface area contributed by atoms with Crippen LogP contribution in [0.15, 0.2) is 28.0 Å². The summed E-state index contributed by atoms with van der Waals surface area (Å²) >= 11 is 1.07. The SMILES string of the molecule is O=c1[nH]c(O)c(C(CCN2CCCC2)=c2cccc3c2=CC=N3)s1. The average molecular weight is 341 g/mol. The molecule has 0 amide bonds. The van der Waals surface area contributed by atoms with Crippen molar-refractivity contribution in [3.8, 4) is 5.88 Å². The van der Waals surface area contributed by atoms with Crippen LogP contribution in [0.3, 0.4) is 0 Å². The molecule has 4 rings (SSSR count). The Morgan fingerprint density at radius 2 is 2.17 bits per heavy atom. The second-order valence-electron chi connectivity index (χ2n) is 6.15. The third kappa shape index (κ3) is 2.83. The minimum atomic E-state index is -0.228. The zero-order valence-electron chi connectivity index (χ0n) is 13.3. The lowest BCUT2D eigenvalue weighted by Crippen LogP contribution is -2.28. The molecule has 2 aliphatic rings. The van der Waals surface area contributed by atoms with E-state index in [9.17, 15) is 9.90 Å². The van der Waals surface area contributed by atoms with Gasteiger partial charge in [0.2, 0.25) is 5.88 Å². The van der Waals surface area contributed by atoms with Crippen molar-refractivity contribution in [1.29, 1.82) is 0 Å². The molecule has 6 heteroatoms. The Kier molecular flexibility index (Phi) is 4.08. The van der Waals surface area contributed by atoms with E-state index in [1.807, 2.05) is 24.3 Å². The molecule has 3 heterocycles. The molecule has 1 aromatic heterocycles. The maximum absolute atomic E-state index is 11.7. The van der Waals surface area contributed by atoms with E-state index in [1.165, 1.54) is 12.8 Å². The van der Waals surface area contributed by atoms with Gasteiger partial charge < -0.3 is 10.0 Å². The van der Waals surface area contributed by atoms with E-state index in [0.717, 1.165) is 59.1 Å². The van der Waals surface area contributed by atoms with Crippen LogP contribution >= 0.6 is 11.3 Å². The summed E-state index contributed by atoms with van der Waals surface area (Å²) in [7, 11) is 0. The minimum absolute atomic E-state index is 0.0297. The molecule has 0 unspecified atom stereocenters. The number of nitrogens with zero attached hydrogens (tertiary/aromatic N) is 2. The smallest absolute Gasteiger partial charge is 0.307 e. The third-order valence-corrected chi connectivity index (χ3v) is 5.58. The monoisotopic (exact) mass is 341 g/mol. The van der Waals surface area contributed by atoms with Gasteiger partial charge in [0.15, 0.2) is 0 Å². The molecular formula is C18H19N3O2S. The van der Waals surface area contributed by atoms with Crippen LogP contribution in [0.4, 0.5) is 5.69 Å². The summed E-state index contributed by atoms with van der Waals surface area (Å²) in [4.78, 5) is 21.4. The maximum Gasteiger partial charge on any atom is 0.307 e. The van der Waals surface area contributed by atoms with E-state index in [4.69, 9.17) is 0 Å². The summed E-state index contributed by atoms with van der Waals surface area (Å²) in [5.41, 5.74) is 1.95. The van der Waals surface area contributed by atoms with E-state index >= 15 is 0 Å². The molecule has 1 saturated heterocycles. The molecule has 24 heavy (non-hydrogen) atoms. The first-order chi connectivity index (χ1) is 11.7. The average Bonchev–Trinajstić information content (AvgIpc) is 3.29. The Bertz CT molecular complexity index is 965. The molecule has 0 saturated carbocycles. The van der Waals surface area contributed by atoms with Gasteiger partial charge in [0.25, 0.3) is 0 Å². The fourth-order valence-corrected chi connectivity index (χ4v) is 4.28. The summed E-state index contributed by atoms with van der Waals surface area (Å²) < 4.78 is 0. The van der Waals surface area contributed by atoms with Crippen LogP contribution < -0.4 is 15.3 Å². The van der Waals surface area contributed by atoms with E-state index in [1.54, 1.807) is 6.21 Å². The number of rotatable bonds is 4. The van der Waals surface area contributed by atoms with Crippen LogP contribution in [0.5, 0.6) is 5.88 Å². The first-order valence-corrected chi connectivity index (χ1v) is 9.05. The quantitative estimate of drug-likeness (QED) is 0.881. The third-order valence-electron chi connectivity index (χ3n) is 4.64. The lowest BCUT2D eigenvalue weighted by atomic mass is 10.0.